The highest BCUT2D eigenvalue weighted by Gasteiger charge is 2.48. The molecule has 1 saturated heterocycles. The fourth-order valence-corrected chi connectivity index (χ4v) is 4.84. The van der Waals surface area contributed by atoms with Crippen LogP contribution in [0.1, 0.15) is 87.0 Å². The van der Waals surface area contributed by atoms with E-state index in [1.54, 1.807) is 20.8 Å². The molecule has 1 saturated carbocycles. The third-order valence-electron chi connectivity index (χ3n) is 7.83. The molecule has 1 heterocycles. The van der Waals surface area contributed by atoms with Crippen molar-refractivity contribution in [2.24, 2.45) is 22.7 Å². The molecule has 12 heteroatoms. The van der Waals surface area contributed by atoms with Gasteiger partial charge in [0.05, 0.1) is 6.07 Å². The van der Waals surface area contributed by atoms with Crippen molar-refractivity contribution in [3.63, 3.8) is 0 Å². The summed E-state index contributed by atoms with van der Waals surface area (Å²) in [5, 5.41) is 19.7. The molecule has 4 amide bonds. The van der Waals surface area contributed by atoms with E-state index in [0.29, 0.717) is 6.42 Å². The minimum absolute atomic E-state index is 0.0283. The van der Waals surface area contributed by atoms with Gasteiger partial charge in [-0.1, -0.05) is 34.6 Å². The Hall–Kier alpha value is -2.84. The van der Waals surface area contributed by atoms with Crippen LogP contribution >= 0.6 is 0 Å². The minimum Gasteiger partial charge on any atom is -0.351 e. The van der Waals surface area contributed by atoms with Gasteiger partial charge in [-0.3, -0.25) is 19.2 Å². The van der Waals surface area contributed by atoms with Gasteiger partial charge in [0.15, 0.2) is 0 Å². The summed E-state index contributed by atoms with van der Waals surface area (Å²) in [5.41, 5.74) is -1.25. The molecule has 2 rings (SSSR count). The Balaban J connectivity index is 2.10. The van der Waals surface area contributed by atoms with Crippen LogP contribution in [0.3, 0.4) is 0 Å². The standard InChI is InChI=1S/C27H42F3N5O4/c1-24(2,3)19(34-23(39)27(28,29)30)12-20(36)33-18(11-16-13-25(16,4)5)22(38)32-17(14-31)10-15-8-9-26(6,7)35-21(15)37/h15-19H,8-13H2,1-7H3,(H,32,38)(H,33,36)(H,34,39)(H,35,37)/t15-,16?,17-,18-,19+/m0/s1. The van der Waals surface area contributed by atoms with E-state index in [9.17, 15) is 37.6 Å². The molecule has 1 unspecified atom stereocenters. The lowest BCUT2D eigenvalue weighted by molar-refractivity contribution is -0.175. The summed E-state index contributed by atoms with van der Waals surface area (Å²) in [6.07, 6.45) is -3.03. The maximum Gasteiger partial charge on any atom is 0.471 e. The normalized spacial score (nSPS) is 24.3. The topological polar surface area (TPSA) is 140 Å². The van der Waals surface area contributed by atoms with Crippen LogP contribution in [-0.4, -0.2) is 53.5 Å². The summed E-state index contributed by atoms with van der Waals surface area (Å²) in [4.78, 5) is 50.2. The van der Waals surface area contributed by atoms with E-state index in [0.717, 1.165) is 12.8 Å². The largest absolute Gasteiger partial charge is 0.471 e. The molecule has 2 aliphatic rings. The number of hydrogen-bond donors (Lipinski definition) is 4. The van der Waals surface area contributed by atoms with Crippen molar-refractivity contribution >= 4 is 23.6 Å². The molecule has 1 aliphatic carbocycles. The van der Waals surface area contributed by atoms with Crippen LogP contribution in [0.25, 0.3) is 0 Å². The highest BCUT2D eigenvalue weighted by Crippen LogP contribution is 2.54. The van der Waals surface area contributed by atoms with Gasteiger partial charge >= 0.3 is 12.1 Å². The zero-order valence-electron chi connectivity index (χ0n) is 23.8. The van der Waals surface area contributed by atoms with Gasteiger partial charge < -0.3 is 21.3 Å². The lowest BCUT2D eigenvalue weighted by atomic mass is 9.83. The lowest BCUT2D eigenvalue weighted by Crippen LogP contribution is -2.54. The quantitative estimate of drug-likeness (QED) is 0.327. The first-order valence-electron chi connectivity index (χ1n) is 13.3. The number of halogens is 3. The van der Waals surface area contributed by atoms with Gasteiger partial charge in [-0.15, -0.1) is 0 Å². The second-order valence-corrected chi connectivity index (χ2v) is 13.4. The molecule has 0 bridgehead atoms. The molecule has 9 nitrogen and oxygen atoms in total. The van der Waals surface area contributed by atoms with Gasteiger partial charge in [0.2, 0.25) is 17.7 Å². The van der Waals surface area contributed by atoms with E-state index in [1.807, 2.05) is 39.1 Å². The van der Waals surface area contributed by atoms with Gasteiger partial charge in [0.25, 0.3) is 0 Å². The van der Waals surface area contributed by atoms with Crippen LogP contribution in [0.4, 0.5) is 13.2 Å². The molecule has 0 spiro atoms. The van der Waals surface area contributed by atoms with Crippen molar-refractivity contribution in [1.29, 1.82) is 5.26 Å². The van der Waals surface area contributed by atoms with E-state index in [2.05, 4.69) is 16.0 Å². The fraction of sp³-hybridized carbons (Fsp3) is 0.815. The van der Waals surface area contributed by atoms with E-state index < -0.39 is 59.8 Å². The maximum atomic E-state index is 13.2. The second kappa shape index (κ2) is 11.7. The van der Waals surface area contributed by atoms with Crippen LogP contribution in [0.5, 0.6) is 0 Å². The lowest BCUT2D eigenvalue weighted by Gasteiger charge is -2.35. The molecule has 0 aromatic carbocycles. The van der Waals surface area contributed by atoms with Gasteiger partial charge in [0, 0.05) is 23.9 Å². The average Bonchev–Trinajstić information content (AvgIpc) is 3.37. The number of nitriles is 1. The van der Waals surface area contributed by atoms with Crippen LogP contribution < -0.4 is 21.3 Å². The van der Waals surface area contributed by atoms with E-state index in [1.165, 1.54) is 0 Å². The number of hydrogen-bond acceptors (Lipinski definition) is 5. The zero-order chi connectivity index (χ0) is 30.0. The number of piperidine rings is 1. The summed E-state index contributed by atoms with van der Waals surface area (Å²) in [6, 6.07) is -1.11. The van der Waals surface area contributed by atoms with Crippen molar-refractivity contribution in [2.45, 2.75) is 117 Å². The summed E-state index contributed by atoms with van der Waals surface area (Å²) in [5.74, 6) is -3.93. The first kappa shape index (κ1) is 32.4. The molecule has 5 atom stereocenters. The number of nitrogens with zero attached hydrogens (tertiary/aromatic N) is 1. The number of rotatable bonds is 10. The Bertz CT molecular complexity index is 997. The van der Waals surface area contributed by atoms with Crippen molar-refractivity contribution in [1.82, 2.24) is 21.3 Å². The number of nitrogens with one attached hydrogen (secondary N) is 4. The summed E-state index contributed by atoms with van der Waals surface area (Å²) in [7, 11) is 0. The van der Waals surface area contributed by atoms with E-state index >= 15 is 0 Å². The average molecular weight is 558 g/mol. The zero-order valence-corrected chi connectivity index (χ0v) is 23.8. The number of alkyl halides is 3. The summed E-state index contributed by atoms with van der Waals surface area (Å²) in [6.45, 7) is 12.7. The molecule has 0 aromatic heterocycles. The highest BCUT2D eigenvalue weighted by atomic mass is 19.4. The predicted molar refractivity (Wildman–Crippen MR) is 138 cm³/mol. The molecule has 0 aromatic rings. The maximum absolute atomic E-state index is 13.2. The molecule has 1 aliphatic heterocycles. The van der Waals surface area contributed by atoms with E-state index in [4.69, 9.17) is 0 Å². The Labute approximate surface area is 228 Å². The van der Waals surface area contributed by atoms with Gasteiger partial charge in [0.1, 0.15) is 12.1 Å². The Kier molecular flexibility index (Phi) is 9.73. The number of carbonyl (C=O) groups is 4. The second-order valence-electron chi connectivity index (χ2n) is 13.4. The summed E-state index contributed by atoms with van der Waals surface area (Å²) < 4.78 is 38.5. The molecule has 2 fully saturated rings. The first-order chi connectivity index (χ1) is 17.6. The molecule has 0 radical (unpaired) electrons. The third-order valence-corrected chi connectivity index (χ3v) is 7.83. The van der Waals surface area contributed by atoms with Crippen LogP contribution in [-0.2, 0) is 19.2 Å². The number of carbonyl (C=O) groups excluding carboxylic acids is 4. The van der Waals surface area contributed by atoms with Crippen molar-refractivity contribution < 1.29 is 32.3 Å². The highest BCUT2D eigenvalue weighted by molar-refractivity contribution is 5.89. The molecule has 39 heavy (non-hydrogen) atoms. The number of amides is 4. The Morgan fingerprint density at radius 1 is 1.08 bits per heavy atom. The minimum atomic E-state index is -5.10. The van der Waals surface area contributed by atoms with Gasteiger partial charge in [-0.25, -0.2) is 0 Å². The van der Waals surface area contributed by atoms with Crippen molar-refractivity contribution in [2.75, 3.05) is 0 Å². The molecular formula is C27H42F3N5O4. The van der Waals surface area contributed by atoms with Gasteiger partial charge in [-0.05, 0) is 62.7 Å². The van der Waals surface area contributed by atoms with Crippen molar-refractivity contribution in [3.8, 4) is 6.07 Å². The molecule has 220 valence electrons. The third kappa shape index (κ3) is 9.69. The van der Waals surface area contributed by atoms with Crippen molar-refractivity contribution in [3.05, 3.63) is 0 Å². The SMILES string of the molecule is CC1(C)CC[C@@H](C[C@@H](C#N)NC(=O)[C@H](CC2CC2(C)C)NC(=O)C[C@@H](NC(=O)C(F)(F)F)C(C)(C)C)C(=O)N1. The van der Waals surface area contributed by atoms with Crippen LogP contribution in [0, 0.1) is 34.0 Å². The first-order valence-corrected chi connectivity index (χ1v) is 13.3. The van der Waals surface area contributed by atoms with E-state index in [-0.39, 0.29) is 35.6 Å². The van der Waals surface area contributed by atoms with Crippen LogP contribution in [0.15, 0.2) is 0 Å². The smallest absolute Gasteiger partial charge is 0.351 e. The molecule has 4 N–H and O–H groups in total. The predicted octanol–water partition coefficient (Wildman–Crippen LogP) is 3.09. The monoisotopic (exact) mass is 557 g/mol. The fourth-order valence-electron chi connectivity index (χ4n) is 4.84. The molecular weight excluding hydrogens is 515 g/mol. The Morgan fingerprint density at radius 3 is 2.13 bits per heavy atom. The summed E-state index contributed by atoms with van der Waals surface area (Å²) >= 11 is 0. The van der Waals surface area contributed by atoms with Gasteiger partial charge in [-0.2, -0.15) is 18.4 Å². The van der Waals surface area contributed by atoms with Crippen LogP contribution in [0.2, 0.25) is 0 Å². The Morgan fingerprint density at radius 2 is 1.67 bits per heavy atom.